The van der Waals surface area contributed by atoms with Crippen LogP contribution in [0.15, 0.2) is 48.5 Å². The largest absolute Gasteiger partial charge is 0.452 e. The van der Waals surface area contributed by atoms with Gasteiger partial charge >= 0.3 is 5.97 Å². The predicted molar refractivity (Wildman–Crippen MR) is 104 cm³/mol. The molecule has 0 aromatic heterocycles. The van der Waals surface area contributed by atoms with E-state index in [9.17, 15) is 24.0 Å². The SMILES string of the molecule is CC(=O)c1ccccc1NC(=O)COC(=O)c1ccc(N2C(=O)CCC2=O)cc1. The molecule has 1 fully saturated rings. The van der Waals surface area contributed by atoms with Crippen molar-refractivity contribution in [3.8, 4) is 0 Å². The summed E-state index contributed by atoms with van der Waals surface area (Å²) in [7, 11) is 0. The molecule has 148 valence electrons. The fourth-order valence-electron chi connectivity index (χ4n) is 2.91. The number of amides is 3. The summed E-state index contributed by atoms with van der Waals surface area (Å²) in [5.41, 5.74) is 1.25. The van der Waals surface area contributed by atoms with Crippen LogP contribution < -0.4 is 10.2 Å². The third kappa shape index (κ3) is 4.55. The molecule has 0 unspecified atom stereocenters. The molecule has 0 aliphatic carbocycles. The number of hydrogen-bond acceptors (Lipinski definition) is 6. The summed E-state index contributed by atoms with van der Waals surface area (Å²) < 4.78 is 4.99. The van der Waals surface area contributed by atoms with Gasteiger partial charge in [0.15, 0.2) is 12.4 Å². The Morgan fingerprint density at radius 3 is 2.21 bits per heavy atom. The number of hydrogen-bond donors (Lipinski definition) is 1. The van der Waals surface area contributed by atoms with Crippen LogP contribution in [0.4, 0.5) is 11.4 Å². The molecule has 1 aliphatic heterocycles. The lowest BCUT2D eigenvalue weighted by Gasteiger charge is -2.14. The Bertz CT molecular complexity index is 980. The number of imide groups is 1. The molecule has 0 bridgehead atoms. The van der Waals surface area contributed by atoms with E-state index in [-0.39, 0.29) is 36.0 Å². The van der Waals surface area contributed by atoms with E-state index < -0.39 is 18.5 Å². The summed E-state index contributed by atoms with van der Waals surface area (Å²) in [6.45, 7) is 0.855. The van der Waals surface area contributed by atoms with E-state index in [1.54, 1.807) is 24.3 Å². The molecule has 0 saturated carbocycles. The monoisotopic (exact) mass is 394 g/mol. The minimum Gasteiger partial charge on any atom is -0.452 e. The van der Waals surface area contributed by atoms with Crippen LogP contribution in [-0.2, 0) is 19.1 Å². The second-order valence-electron chi connectivity index (χ2n) is 6.40. The Morgan fingerprint density at radius 2 is 1.59 bits per heavy atom. The van der Waals surface area contributed by atoms with Crippen molar-refractivity contribution >= 4 is 40.8 Å². The summed E-state index contributed by atoms with van der Waals surface area (Å²) in [6.07, 6.45) is 0.342. The van der Waals surface area contributed by atoms with Gasteiger partial charge in [-0.15, -0.1) is 0 Å². The number of ketones is 1. The molecule has 0 spiro atoms. The van der Waals surface area contributed by atoms with Crippen molar-refractivity contribution in [2.75, 3.05) is 16.8 Å². The van der Waals surface area contributed by atoms with Gasteiger partial charge < -0.3 is 10.1 Å². The average molecular weight is 394 g/mol. The predicted octanol–water partition coefficient (Wildman–Crippen LogP) is 2.34. The molecule has 8 heteroatoms. The van der Waals surface area contributed by atoms with Gasteiger partial charge in [-0.3, -0.25) is 24.1 Å². The van der Waals surface area contributed by atoms with E-state index in [0.717, 1.165) is 4.90 Å². The van der Waals surface area contributed by atoms with Crippen molar-refractivity contribution in [2.45, 2.75) is 19.8 Å². The minimum atomic E-state index is -0.731. The summed E-state index contributed by atoms with van der Waals surface area (Å²) in [5.74, 6) is -2.09. The maximum Gasteiger partial charge on any atom is 0.338 e. The number of esters is 1. The van der Waals surface area contributed by atoms with Crippen LogP contribution in [0.3, 0.4) is 0 Å². The summed E-state index contributed by atoms with van der Waals surface area (Å²) in [6, 6.07) is 12.3. The quantitative estimate of drug-likeness (QED) is 0.457. The number of nitrogens with one attached hydrogen (secondary N) is 1. The van der Waals surface area contributed by atoms with E-state index in [4.69, 9.17) is 4.74 Å². The molecule has 29 heavy (non-hydrogen) atoms. The molecule has 8 nitrogen and oxygen atoms in total. The van der Waals surface area contributed by atoms with Gasteiger partial charge in [0.25, 0.3) is 5.91 Å². The third-order valence-electron chi connectivity index (χ3n) is 4.33. The maximum atomic E-state index is 12.1. The van der Waals surface area contributed by atoms with Gasteiger partial charge in [0.2, 0.25) is 11.8 Å². The summed E-state index contributed by atoms with van der Waals surface area (Å²) in [5, 5.41) is 2.54. The third-order valence-corrected chi connectivity index (χ3v) is 4.33. The molecule has 3 rings (SSSR count). The number of Topliss-reactive ketones (excluding diaryl/α,β-unsaturated/α-hetero) is 1. The van der Waals surface area contributed by atoms with Gasteiger partial charge in [0.1, 0.15) is 0 Å². The summed E-state index contributed by atoms with van der Waals surface area (Å²) in [4.78, 5) is 60.3. The Kier molecular flexibility index (Phi) is 5.82. The Balaban J connectivity index is 1.58. The zero-order chi connectivity index (χ0) is 21.0. The molecular weight excluding hydrogens is 376 g/mol. The Labute approximate surface area is 166 Å². The number of rotatable bonds is 6. The molecule has 0 radical (unpaired) electrons. The van der Waals surface area contributed by atoms with Crippen LogP contribution in [0.25, 0.3) is 0 Å². The van der Waals surface area contributed by atoms with Crippen molar-refractivity contribution in [3.05, 3.63) is 59.7 Å². The second kappa shape index (κ2) is 8.47. The lowest BCUT2D eigenvalue weighted by atomic mass is 10.1. The van der Waals surface area contributed by atoms with Gasteiger partial charge in [0.05, 0.1) is 16.9 Å². The first-order chi connectivity index (χ1) is 13.9. The average Bonchev–Trinajstić information content (AvgIpc) is 3.04. The molecule has 2 aromatic rings. The Hall–Kier alpha value is -3.81. The summed E-state index contributed by atoms with van der Waals surface area (Å²) >= 11 is 0. The highest BCUT2D eigenvalue weighted by Gasteiger charge is 2.30. The highest BCUT2D eigenvalue weighted by Crippen LogP contribution is 2.23. The lowest BCUT2D eigenvalue weighted by Crippen LogP contribution is -2.28. The number of anilines is 2. The van der Waals surface area contributed by atoms with Gasteiger partial charge in [-0.25, -0.2) is 4.79 Å². The second-order valence-corrected chi connectivity index (χ2v) is 6.40. The van der Waals surface area contributed by atoms with Gasteiger partial charge in [-0.2, -0.15) is 0 Å². The first-order valence-electron chi connectivity index (χ1n) is 8.89. The van der Waals surface area contributed by atoms with Crippen molar-refractivity contribution in [1.29, 1.82) is 0 Å². The standard InChI is InChI=1S/C21H18N2O6/c1-13(24)16-4-2-3-5-17(16)22-18(25)12-29-21(28)14-6-8-15(9-7-14)23-19(26)10-11-20(23)27/h2-9H,10-12H2,1H3,(H,22,25). The van der Waals surface area contributed by atoms with Crippen LogP contribution in [0.5, 0.6) is 0 Å². The number of nitrogens with zero attached hydrogens (tertiary/aromatic N) is 1. The number of carbonyl (C=O) groups is 5. The number of ether oxygens (including phenoxy) is 1. The topological polar surface area (TPSA) is 110 Å². The Morgan fingerprint density at radius 1 is 0.966 bits per heavy atom. The van der Waals surface area contributed by atoms with Crippen molar-refractivity contribution in [3.63, 3.8) is 0 Å². The molecule has 2 aromatic carbocycles. The molecule has 1 N–H and O–H groups in total. The van der Waals surface area contributed by atoms with E-state index >= 15 is 0 Å². The zero-order valence-electron chi connectivity index (χ0n) is 15.6. The fourth-order valence-corrected chi connectivity index (χ4v) is 2.91. The first-order valence-corrected chi connectivity index (χ1v) is 8.89. The fraction of sp³-hybridized carbons (Fsp3) is 0.190. The molecule has 1 saturated heterocycles. The van der Waals surface area contributed by atoms with Crippen molar-refractivity contribution in [2.24, 2.45) is 0 Å². The van der Waals surface area contributed by atoms with Gasteiger partial charge in [-0.05, 0) is 43.3 Å². The van der Waals surface area contributed by atoms with Crippen molar-refractivity contribution in [1.82, 2.24) is 0 Å². The minimum absolute atomic E-state index is 0.171. The zero-order valence-corrected chi connectivity index (χ0v) is 15.6. The normalized spacial score (nSPS) is 13.3. The highest BCUT2D eigenvalue weighted by atomic mass is 16.5. The lowest BCUT2D eigenvalue weighted by molar-refractivity contribution is -0.121. The maximum absolute atomic E-state index is 12.1. The van der Waals surface area contributed by atoms with E-state index in [1.165, 1.54) is 31.2 Å². The van der Waals surface area contributed by atoms with Crippen LogP contribution in [-0.4, -0.2) is 36.1 Å². The van der Waals surface area contributed by atoms with Gasteiger partial charge in [-0.1, -0.05) is 12.1 Å². The molecular formula is C21H18N2O6. The van der Waals surface area contributed by atoms with E-state index in [2.05, 4.69) is 5.32 Å². The van der Waals surface area contributed by atoms with Crippen molar-refractivity contribution < 1.29 is 28.7 Å². The first kappa shape index (κ1) is 19.9. The van der Waals surface area contributed by atoms with Crippen LogP contribution in [0.1, 0.15) is 40.5 Å². The highest BCUT2D eigenvalue weighted by molar-refractivity contribution is 6.19. The van der Waals surface area contributed by atoms with Crippen LogP contribution in [0, 0.1) is 0 Å². The molecule has 1 heterocycles. The van der Waals surface area contributed by atoms with Crippen LogP contribution >= 0.6 is 0 Å². The van der Waals surface area contributed by atoms with E-state index in [1.807, 2.05) is 0 Å². The number of para-hydroxylation sites is 1. The van der Waals surface area contributed by atoms with Crippen LogP contribution in [0.2, 0.25) is 0 Å². The number of benzene rings is 2. The smallest absolute Gasteiger partial charge is 0.338 e. The van der Waals surface area contributed by atoms with E-state index in [0.29, 0.717) is 16.9 Å². The van der Waals surface area contributed by atoms with Gasteiger partial charge in [0, 0.05) is 18.4 Å². The number of carbonyl (C=O) groups excluding carboxylic acids is 5. The molecule has 1 aliphatic rings. The molecule has 0 atom stereocenters. The molecule has 3 amide bonds.